The largest absolute Gasteiger partial charge is 0.383 e. The third kappa shape index (κ3) is 3.32. The van der Waals surface area contributed by atoms with Gasteiger partial charge in [-0.2, -0.15) is 0 Å². The summed E-state index contributed by atoms with van der Waals surface area (Å²) in [5, 5.41) is 3.42. The van der Waals surface area contributed by atoms with E-state index < -0.39 is 0 Å². The molecule has 0 saturated carbocycles. The lowest BCUT2D eigenvalue weighted by Crippen LogP contribution is -2.34. The highest BCUT2D eigenvalue weighted by Gasteiger charge is 2.16. The number of aromatic nitrogens is 2. The predicted molar refractivity (Wildman–Crippen MR) is 61.0 cm³/mol. The Bertz CT molecular complexity index is 285. The molecule has 1 aromatic rings. The summed E-state index contributed by atoms with van der Waals surface area (Å²) in [6.07, 6.45) is 3.82. The normalized spacial score (nSPS) is 15.2. The molecule has 86 valence electrons. The summed E-state index contributed by atoms with van der Waals surface area (Å²) in [7, 11) is 3.75. The molecular formula is C11H21N3O. The van der Waals surface area contributed by atoms with Crippen LogP contribution in [-0.4, -0.2) is 35.9 Å². The number of nitrogens with zero attached hydrogens (tertiary/aromatic N) is 2. The molecule has 4 nitrogen and oxygen atoms in total. The highest BCUT2D eigenvalue weighted by Crippen LogP contribution is 2.16. The summed E-state index contributed by atoms with van der Waals surface area (Å²) >= 11 is 0. The average Bonchev–Trinajstić information content (AvgIpc) is 2.63. The van der Waals surface area contributed by atoms with E-state index in [-0.39, 0.29) is 0 Å². The molecule has 1 heterocycles. The van der Waals surface area contributed by atoms with Gasteiger partial charge in [0, 0.05) is 45.1 Å². The smallest absolute Gasteiger partial charge is 0.112 e. The Morgan fingerprint density at radius 3 is 2.80 bits per heavy atom. The third-order valence-electron chi connectivity index (χ3n) is 2.79. The van der Waals surface area contributed by atoms with Crippen molar-refractivity contribution < 1.29 is 4.74 Å². The van der Waals surface area contributed by atoms with Crippen LogP contribution in [0.1, 0.15) is 25.6 Å². The predicted octanol–water partition coefficient (Wildman–Crippen LogP) is 1.15. The lowest BCUT2D eigenvalue weighted by molar-refractivity contribution is 0.194. The first-order valence-electron chi connectivity index (χ1n) is 5.36. The molecule has 0 aliphatic carbocycles. The van der Waals surface area contributed by atoms with Crippen molar-refractivity contribution in [2.75, 3.05) is 20.3 Å². The Balaban J connectivity index is 2.46. The van der Waals surface area contributed by atoms with E-state index in [0.717, 1.165) is 19.0 Å². The number of hydrogen-bond donors (Lipinski definition) is 1. The minimum absolute atomic E-state index is 0.404. The molecule has 1 rings (SSSR count). The van der Waals surface area contributed by atoms with Gasteiger partial charge in [-0.25, -0.2) is 4.98 Å². The Labute approximate surface area is 91.7 Å². The van der Waals surface area contributed by atoms with E-state index in [1.807, 2.05) is 19.4 Å². The van der Waals surface area contributed by atoms with Crippen LogP contribution in [0.3, 0.4) is 0 Å². The van der Waals surface area contributed by atoms with E-state index in [1.54, 1.807) is 7.11 Å². The van der Waals surface area contributed by atoms with E-state index in [4.69, 9.17) is 4.74 Å². The highest BCUT2D eigenvalue weighted by atomic mass is 16.5. The fourth-order valence-electron chi connectivity index (χ4n) is 1.60. The molecule has 0 saturated heterocycles. The molecule has 2 atom stereocenters. The molecule has 0 fully saturated rings. The van der Waals surface area contributed by atoms with Crippen molar-refractivity contribution >= 4 is 0 Å². The molecule has 0 radical (unpaired) electrons. The van der Waals surface area contributed by atoms with Crippen LogP contribution in [0.25, 0.3) is 0 Å². The lowest BCUT2D eigenvalue weighted by atomic mass is 10.0. The van der Waals surface area contributed by atoms with Crippen LogP contribution in [0.5, 0.6) is 0 Å². The van der Waals surface area contributed by atoms with Gasteiger partial charge in [0.1, 0.15) is 5.82 Å². The molecule has 0 bridgehead atoms. The van der Waals surface area contributed by atoms with Gasteiger partial charge in [-0.3, -0.25) is 0 Å². The van der Waals surface area contributed by atoms with Crippen molar-refractivity contribution in [2.45, 2.75) is 25.8 Å². The summed E-state index contributed by atoms with van der Waals surface area (Å²) in [4.78, 5) is 4.36. The molecule has 15 heavy (non-hydrogen) atoms. The van der Waals surface area contributed by atoms with E-state index in [0.29, 0.717) is 12.0 Å². The zero-order valence-corrected chi connectivity index (χ0v) is 10.0. The molecule has 0 aliphatic heterocycles. The van der Waals surface area contributed by atoms with Gasteiger partial charge in [0.25, 0.3) is 0 Å². The Kier molecular flexibility index (Phi) is 4.78. The van der Waals surface area contributed by atoms with Crippen LogP contribution in [0.2, 0.25) is 0 Å². The molecule has 0 aliphatic rings. The standard InChI is InChI=1S/C11H21N3O/c1-9(10(2)12-6-8-15-4)11-13-5-7-14(11)3/h5,7,9-10,12H,6,8H2,1-4H3. The number of methoxy groups -OCH3 is 1. The highest BCUT2D eigenvalue weighted by molar-refractivity contribution is 5.01. The summed E-state index contributed by atoms with van der Waals surface area (Å²) in [5.74, 6) is 1.52. The van der Waals surface area contributed by atoms with Crippen LogP contribution < -0.4 is 5.32 Å². The van der Waals surface area contributed by atoms with E-state index in [1.165, 1.54) is 0 Å². The van der Waals surface area contributed by atoms with Crippen molar-refractivity contribution in [1.82, 2.24) is 14.9 Å². The Hall–Kier alpha value is -0.870. The number of rotatable bonds is 6. The van der Waals surface area contributed by atoms with E-state index in [9.17, 15) is 0 Å². The van der Waals surface area contributed by atoms with Crippen LogP contribution >= 0.6 is 0 Å². The van der Waals surface area contributed by atoms with Gasteiger partial charge in [0.2, 0.25) is 0 Å². The molecule has 1 N–H and O–H groups in total. The van der Waals surface area contributed by atoms with Crippen LogP contribution in [-0.2, 0) is 11.8 Å². The molecule has 0 amide bonds. The number of aryl methyl sites for hydroxylation is 1. The van der Waals surface area contributed by atoms with Crippen molar-refractivity contribution in [1.29, 1.82) is 0 Å². The van der Waals surface area contributed by atoms with Gasteiger partial charge in [-0.05, 0) is 6.92 Å². The number of hydrogen-bond acceptors (Lipinski definition) is 3. The zero-order chi connectivity index (χ0) is 11.3. The van der Waals surface area contributed by atoms with Gasteiger partial charge in [0.05, 0.1) is 6.61 Å². The van der Waals surface area contributed by atoms with Crippen LogP contribution in [0, 0.1) is 0 Å². The molecule has 0 aromatic carbocycles. The second kappa shape index (κ2) is 5.88. The first-order chi connectivity index (χ1) is 7.16. The first kappa shape index (κ1) is 12.2. The summed E-state index contributed by atoms with van der Waals surface area (Å²) in [5.41, 5.74) is 0. The van der Waals surface area contributed by atoms with Gasteiger partial charge in [-0.1, -0.05) is 6.92 Å². The number of imidazole rings is 1. The van der Waals surface area contributed by atoms with Gasteiger partial charge >= 0.3 is 0 Å². The van der Waals surface area contributed by atoms with Crippen LogP contribution in [0.4, 0.5) is 0 Å². The summed E-state index contributed by atoms with van der Waals surface area (Å²) in [6, 6.07) is 0.404. The molecule has 1 aromatic heterocycles. The fourth-order valence-corrected chi connectivity index (χ4v) is 1.60. The lowest BCUT2D eigenvalue weighted by Gasteiger charge is -2.20. The Morgan fingerprint density at radius 1 is 1.53 bits per heavy atom. The number of nitrogens with one attached hydrogen (secondary N) is 1. The minimum atomic E-state index is 0.404. The average molecular weight is 211 g/mol. The molecule has 4 heteroatoms. The molecule has 2 unspecified atom stereocenters. The monoisotopic (exact) mass is 211 g/mol. The van der Waals surface area contributed by atoms with Crippen LogP contribution in [0.15, 0.2) is 12.4 Å². The first-order valence-corrected chi connectivity index (χ1v) is 5.36. The number of ether oxygens (including phenoxy) is 1. The topological polar surface area (TPSA) is 39.1 Å². The Morgan fingerprint density at radius 2 is 2.27 bits per heavy atom. The van der Waals surface area contributed by atoms with Crippen molar-refractivity contribution in [2.24, 2.45) is 7.05 Å². The minimum Gasteiger partial charge on any atom is -0.383 e. The maximum absolute atomic E-state index is 5.00. The molecule has 0 spiro atoms. The van der Waals surface area contributed by atoms with Gasteiger partial charge < -0.3 is 14.6 Å². The van der Waals surface area contributed by atoms with E-state index >= 15 is 0 Å². The van der Waals surface area contributed by atoms with E-state index in [2.05, 4.69) is 28.7 Å². The maximum atomic E-state index is 5.00. The second-order valence-corrected chi connectivity index (χ2v) is 3.92. The summed E-state index contributed by atoms with van der Waals surface area (Å²) in [6.45, 7) is 5.99. The summed E-state index contributed by atoms with van der Waals surface area (Å²) < 4.78 is 7.07. The van der Waals surface area contributed by atoms with Gasteiger partial charge in [0.15, 0.2) is 0 Å². The quantitative estimate of drug-likeness (QED) is 0.717. The van der Waals surface area contributed by atoms with Crippen molar-refractivity contribution in [3.63, 3.8) is 0 Å². The van der Waals surface area contributed by atoms with Crippen molar-refractivity contribution in [3.8, 4) is 0 Å². The zero-order valence-electron chi connectivity index (χ0n) is 10.0. The SMILES string of the molecule is COCCNC(C)C(C)c1nccn1C. The molecular weight excluding hydrogens is 190 g/mol. The fraction of sp³-hybridized carbons (Fsp3) is 0.727. The second-order valence-electron chi connectivity index (χ2n) is 3.92. The van der Waals surface area contributed by atoms with Gasteiger partial charge in [-0.15, -0.1) is 0 Å². The maximum Gasteiger partial charge on any atom is 0.112 e. The third-order valence-corrected chi connectivity index (χ3v) is 2.79. The van der Waals surface area contributed by atoms with Crippen molar-refractivity contribution in [3.05, 3.63) is 18.2 Å².